The van der Waals surface area contributed by atoms with Gasteiger partial charge in [0.1, 0.15) is 6.61 Å². The van der Waals surface area contributed by atoms with Crippen LogP contribution in [0.15, 0.2) is 60.8 Å². The minimum atomic E-state index is -1.20. The summed E-state index contributed by atoms with van der Waals surface area (Å²) in [6.45, 7) is 0.334. The van der Waals surface area contributed by atoms with E-state index in [9.17, 15) is 9.59 Å². The number of hydrogen-bond donors (Lipinski definition) is 2. The van der Waals surface area contributed by atoms with Gasteiger partial charge in [0, 0.05) is 18.3 Å². The second-order valence-corrected chi connectivity index (χ2v) is 4.29. The molecule has 0 atom stereocenters. The number of pyridine rings is 1. The molecule has 0 aliphatic heterocycles. The average Bonchev–Trinajstić information content (AvgIpc) is 2.53. The van der Waals surface area contributed by atoms with Gasteiger partial charge in [0.05, 0.1) is 0 Å². The Hall–Kier alpha value is -3.15. The molecule has 0 unspecified atom stereocenters. The molecule has 1 aromatic heterocycles. The number of nitrogens with zero attached hydrogens (tertiary/aromatic N) is 1. The van der Waals surface area contributed by atoms with E-state index >= 15 is 0 Å². The van der Waals surface area contributed by atoms with Crippen LogP contribution in [0.4, 0.5) is 5.82 Å². The molecular weight excluding hydrogens is 284 g/mol. The van der Waals surface area contributed by atoms with Crippen molar-refractivity contribution in [1.82, 2.24) is 4.98 Å². The van der Waals surface area contributed by atoms with Gasteiger partial charge < -0.3 is 15.2 Å². The molecule has 0 saturated carbocycles. The SMILES string of the molecule is O=C(O)/C=C/C(=O)Nc1ncccc1OCc1ccccc1. The number of rotatable bonds is 6. The molecule has 1 aromatic carbocycles. The van der Waals surface area contributed by atoms with E-state index in [0.717, 1.165) is 17.7 Å². The van der Waals surface area contributed by atoms with E-state index in [4.69, 9.17) is 9.84 Å². The Morgan fingerprint density at radius 1 is 1.14 bits per heavy atom. The highest BCUT2D eigenvalue weighted by Gasteiger charge is 2.07. The van der Waals surface area contributed by atoms with Crippen LogP contribution in [0.2, 0.25) is 0 Å². The van der Waals surface area contributed by atoms with Crippen LogP contribution in [0.5, 0.6) is 5.75 Å². The number of anilines is 1. The summed E-state index contributed by atoms with van der Waals surface area (Å²) >= 11 is 0. The minimum absolute atomic E-state index is 0.235. The summed E-state index contributed by atoms with van der Waals surface area (Å²) in [5.41, 5.74) is 0.981. The monoisotopic (exact) mass is 298 g/mol. The predicted octanol–water partition coefficient (Wildman–Crippen LogP) is 2.24. The summed E-state index contributed by atoms with van der Waals surface area (Å²) in [6.07, 6.45) is 3.17. The van der Waals surface area contributed by atoms with Crippen LogP contribution in [0.1, 0.15) is 5.56 Å². The highest BCUT2D eigenvalue weighted by atomic mass is 16.5. The first-order valence-electron chi connectivity index (χ1n) is 6.49. The van der Waals surface area contributed by atoms with E-state index in [-0.39, 0.29) is 5.82 Å². The number of hydrogen-bond acceptors (Lipinski definition) is 4. The summed E-state index contributed by atoms with van der Waals surface area (Å²) < 4.78 is 5.63. The van der Waals surface area contributed by atoms with Gasteiger partial charge in [-0.25, -0.2) is 9.78 Å². The number of amides is 1. The Balaban J connectivity index is 2.03. The van der Waals surface area contributed by atoms with Gasteiger partial charge in [0.25, 0.3) is 0 Å². The quantitative estimate of drug-likeness (QED) is 0.798. The number of benzene rings is 1. The molecule has 0 saturated heterocycles. The van der Waals surface area contributed by atoms with E-state index in [1.807, 2.05) is 30.3 Å². The molecule has 0 aliphatic carbocycles. The summed E-state index contributed by atoms with van der Waals surface area (Å²) in [4.78, 5) is 26.0. The normalized spacial score (nSPS) is 10.4. The summed E-state index contributed by atoms with van der Waals surface area (Å²) in [7, 11) is 0. The lowest BCUT2D eigenvalue weighted by atomic mass is 10.2. The molecule has 22 heavy (non-hydrogen) atoms. The minimum Gasteiger partial charge on any atom is -0.485 e. The lowest BCUT2D eigenvalue weighted by molar-refractivity contribution is -0.131. The van der Waals surface area contributed by atoms with E-state index in [0.29, 0.717) is 12.4 Å². The van der Waals surface area contributed by atoms with Gasteiger partial charge in [-0.15, -0.1) is 0 Å². The van der Waals surface area contributed by atoms with Gasteiger partial charge in [0.15, 0.2) is 11.6 Å². The maximum Gasteiger partial charge on any atom is 0.328 e. The molecule has 0 fully saturated rings. The van der Waals surface area contributed by atoms with Crippen molar-refractivity contribution >= 4 is 17.7 Å². The first-order valence-corrected chi connectivity index (χ1v) is 6.49. The summed E-state index contributed by atoms with van der Waals surface area (Å²) in [5, 5.41) is 11.0. The van der Waals surface area contributed by atoms with Crippen LogP contribution in [-0.2, 0) is 16.2 Å². The molecule has 6 heteroatoms. The van der Waals surface area contributed by atoms with Gasteiger partial charge in [-0.2, -0.15) is 0 Å². The van der Waals surface area contributed by atoms with Crippen LogP contribution in [-0.4, -0.2) is 22.0 Å². The number of carboxylic acid groups (broad SMARTS) is 1. The Morgan fingerprint density at radius 2 is 1.91 bits per heavy atom. The lowest BCUT2D eigenvalue weighted by Gasteiger charge is -2.10. The zero-order chi connectivity index (χ0) is 15.8. The second-order valence-electron chi connectivity index (χ2n) is 4.29. The van der Waals surface area contributed by atoms with Crippen molar-refractivity contribution in [2.75, 3.05) is 5.32 Å². The fourth-order valence-electron chi connectivity index (χ4n) is 1.64. The summed E-state index contributed by atoms with van der Waals surface area (Å²) in [5.74, 6) is -1.15. The Labute approximate surface area is 127 Å². The first-order chi connectivity index (χ1) is 10.6. The molecule has 0 radical (unpaired) electrons. The van der Waals surface area contributed by atoms with Crippen molar-refractivity contribution in [2.45, 2.75) is 6.61 Å². The first kappa shape index (κ1) is 15.2. The van der Waals surface area contributed by atoms with Crippen LogP contribution < -0.4 is 10.1 Å². The molecule has 1 amide bonds. The van der Waals surface area contributed by atoms with Crippen LogP contribution >= 0.6 is 0 Å². The number of aromatic nitrogens is 1. The third-order valence-electron chi connectivity index (χ3n) is 2.63. The van der Waals surface area contributed by atoms with E-state index in [2.05, 4.69) is 10.3 Å². The summed E-state index contributed by atoms with van der Waals surface area (Å²) in [6, 6.07) is 12.9. The third-order valence-corrected chi connectivity index (χ3v) is 2.63. The van der Waals surface area contributed by atoms with Gasteiger partial charge in [-0.05, 0) is 17.7 Å². The van der Waals surface area contributed by atoms with Crippen molar-refractivity contribution in [3.63, 3.8) is 0 Å². The molecule has 6 nitrogen and oxygen atoms in total. The van der Waals surface area contributed by atoms with E-state index in [1.165, 1.54) is 6.20 Å². The zero-order valence-electron chi connectivity index (χ0n) is 11.6. The van der Waals surface area contributed by atoms with Crippen molar-refractivity contribution < 1.29 is 19.4 Å². The van der Waals surface area contributed by atoms with Crippen molar-refractivity contribution in [3.8, 4) is 5.75 Å². The Bertz CT molecular complexity index is 684. The fraction of sp³-hybridized carbons (Fsp3) is 0.0625. The Morgan fingerprint density at radius 3 is 2.64 bits per heavy atom. The van der Waals surface area contributed by atoms with Crippen LogP contribution in [0.3, 0.4) is 0 Å². The van der Waals surface area contributed by atoms with Crippen LogP contribution in [0, 0.1) is 0 Å². The van der Waals surface area contributed by atoms with Gasteiger partial charge >= 0.3 is 5.97 Å². The zero-order valence-corrected chi connectivity index (χ0v) is 11.6. The van der Waals surface area contributed by atoms with Crippen LogP contribution in [0.25, 0.3) is 0 Å². The highest BCUT2D eigenvalue weighted by molar-refractivity contribution is 6.02. The number of carboxylic acids is 1. The number of carbonyl (C=O) groups is 2. The molecule has 2 aromatic rings. The number of carbonyl (C=O) groups excluding carboxylic acids is 1. The van der Waals surface area contributed by atoms with Gasteiger partial charge in [-0.3, -0.25) is 4.79 Å². The van der Waals surface area contributed by atoms with Gasteiger partial charge in [0.2, 0.25) is 5.91 Å². The fourth-order valence-corrected chi connectivity index (χ4v) is 1.64. The standard InChI is InChI=1S/C16H14N2O4/c19-14(8-9-15(20)21)18-16-13(7-4-10-17-16)22-11-12-5-2-1-3-6-12/h1-10H,11H2,(H,20,21)(H,17,18,19)/b9-8+. The smallest absolute Gasteiger partial charge is 0.328 e. The maximum absolute atomic E-state index is 11.6. The lowest BCUT2D eigenvalue weighted by Crippen LogP contribution is -2.11. The highest BCUT2D eigenvalue weighted by Crippen LogP contribution is 2.22. The van der Waals surface area contributed by atoms with E-state index in [1.54, 1.807) is 12.1 Å². The molecule has 2 N–H and O–H groups in total. The largest absolute Gasteiger partial charge is 0.485 e. The number of aliphatic carboxylic acids is 1. The van der Waals surface area contributed by atoms with Crippen molar-refractivity contribution in [1.29, 1.82) is 0 Å². The van der Waals surface area contributed by atoms with Gasteiger partial charge in [-0.1, -0.05) is 30.3 Å². The molecule has 0 bridgehead atoms. The number of ether oxygens (including phenoxy) is 1. The van der Waals surface area contributed by atoms with Crippen molar-refractivity contribution in [2.24, 2.45) is 0 Å². The molecule has 1 heterocycles. The molecular formula is C16H14N2O4. The Kier molecular flexibility index (Phi) is 5.25. The van der Waals surface area contributed by atoms with Crippen molar-refractivity contribution in [3.05, 3.63) is 66.4 Å². The van der Waals surface area contributed by atoms with E-state index < -0.39 is 11.9 Å². The third kappa shape index (κ3) is 4.75. The molecule has 2 rings (SSSR count). The molecule has 0 aliphatic rings. The predicted molar refractivity (Wildman–Crippen MR) is 80.4 cm³/mol. The molecule has 0 spiro atoms. The number of nitrogens with one attached hydrogen (secondary N) is 1. The average molecular weight is 298 g/mol. The maximum atomic E-state index is 11.6. The second kappa shape index (κ2) is 7.58. The topological polar surface area (TPSA) is 88.5 Å². The molecule has 112 valence electrons.